The van der Waals surface area contributed by atoms with Crippen LogP contribution in [0, 0.1) is 5.92 Å². The second kappa shape index (κ2) is 4.47. The van der Waals surface area contributed by atoms with E-state index >= 15 is 0 Å². The minimum atomic E-state index is -0.689. The van der Waals surface area contributed by atoms with Gasteiger partial charge in [-0.25, -0.2) is 4.98 Å². The first-order chi connectivity index (χ1) is 7.68. The van der Waals surface area contributed by atoms with Gasteiger partial charge in [0.05, 0.1) is 11.6 Å². The smallest absolute Gasteiger partial charge is 0.306 e. The first-order valence-electron chi connectivity index (χ1n) is 5.47. The van der Waals surface area contributed by atoms with Gasteiger partial charge in [-0.05, 0) is 25.7 Å². The molecule has 0 atom stereocenters. The zero-order valence-electron chi connectivity index (χ0n) is 8.97. The van der Waals surface area contributed by atoms with E-state index in [4.69, 9.17) is 10.8 Å². The van der Waals surface area contributed by atoms with Gasteiger partial charge in [-0.2, -0.15) is 0 Å². The molecule has 1 aliphatic rings. The number of hydrogen-bond acceptors (Lipinski definition) is 4. The van der Waals surface area contributed by atoms with E-state index in [-0.39, 0.29) is 11.8 Å². The predicted molar refractivity (Wildman–Crippen MR) is 58.8 cm³/mol. The molecule has 86 valence electrons. The number of carboxylic acids is 1. The maximum absolute atomic E-state index is 10.8. The van der Waals surface area contributed by atoms with Crippen molar-refractivity contribution in [3.63, 3.8) is 0 Å². The fourth-order valence-electron chi connectivity index (χ4n) is 2.29. The summed E-state index contributed by atoms with van der Waals surface area (Å²) in [5.74, 6) is -0.148. The van der Waals surface area contributed by atoms with Crippen LogP contribution < -0.4 is 5.73 Å². The van der Waals surface area contributed by atoms with Crippen molar-refractivity contribution in [1.29, 1.82) is 0 Å². The van der Waals surface area contributed by atoms with Crippen LogP contribution in [0.1, 0.15) is 37.3 Å². The highest BCUT2D eigenvalue weighted by Gasteiger charge is 2.28. The molecule has 1 heterocycles. The Morgan fingerprint density at radius 2 is 1.88 bits per heavy atom. The van der Waals surface area contributed by atoms with E-state index in [1.165, 1.54) is 0 Å². The summed E-state index contributed by atoms with van der Waals surface area (Å²) >= 11 is 0. The zero-order chi connectivity index (χ0) is 11.5. The summed E-state index contributed by atoms with van der Waals surface area (Å²) in [5.41, 5.74) is 6.58. The van der Waals surface area contributed by atoms with Crippen LogP contribution in [0.25, 0.3) is 0 Å². The monoisotopic (exact) mass is 221 g/mol. The fourth-order valence-corrected chi connectivity index (χ4v) is 2.29. The number of aliphatic carboxylic acids is 1. The molecule has 3 N–H and O–H groups in total. The Balaban J connectivity index is 2.05. The molecule has 5 nitrogen and oxygen atoms in total. The molecule has 5 heteroatoms. The molecule has 0 bridgehead atoms. The van der Waals surface area contributed by atoms with Gasteiger partial charge in [0.1, 0.15) is 5.82 Å². The second-order valence-electron chi connectivity index (χ2n) is 4.21. The number of anilines is 1. The van der Waals surface area contributed by atoms with Crippen molar-refractivity contribution < 1.29 is 9.90 Å². The van der Waals surface area contributed by atoms with Gasteiger partial charge < -0.3 is 10.8 Å². The molecular formula is C11H15N3O2. The van der Waals surface area contributed by atoms with Crippen molar-refractivity contribution >= 4 is 11.8 Å². The Morgan fingerprint density at radius 1 is 1.25 bits per heavy atom. The lowest BCUT2D eigenvalue weighted by Crippen LogP contribution is -2.21. The molecule has 1 saturated carbocycles. The van der Waals surface area contributed by atoms with Crippen LogP contribution in [-0.4, -0.2) is 21.0 Å². The average Bonchev–Trinajstić information content (AvgIpc) is 2.30. The molecule has 1 aromatic heterocycles. The summed E-state index contributed by atoms with van der Waals surface area (Å²) in [5, 5.41) is 8.90. The Bertz CT molecular complexity index is 387. The predicted octanol–water partition coefficient (Wildman–Crippen LogP) is 1.42. The third kappa shape index (κ3) is 2.13. The largest absolute Gasteiger partial charge is 0.481 e. The van der Waals surface area contributed by atoms with Crippen LogP contribution in [0.3, 0.4) is 0 Å². The van der Waals surface area contributed by atoms with E-state index in [0.29, 0.717) is 18.7 Å². The second-order valence-corrected chi connectivity index (χ2v) is 4.21. The van der Waals surface area contributed by atoms with Gasteiger partial charge in [-0.1, -0.05) is 0 Å². The summed E-state index contributed by atoms with van der Waals surface area (Å²) in [4.78, 5) is 19.1. The number of carboxylic acid groups (broad SMARTS) is 1. The lowest BCUT2D eigenvalue weighted by atomic mass is 9.80. The Morgan fingerprint density at radius 3 is 2.44 bits per heavy atom. The Hall–Kier alpha value is -1.65. The summed E-state index contributed by atoms with van der Waals surface area (Å²) in [6.07, 6.45) is 6.28. The Kier molecular flexibility index (Phi) is 3.03. The van der Waals surface area contributed by atoms with Crippen LogP contribution in [0.4, 0.5) is 5.82 Å². The molecule has 16 heavy (non-hydrogen) atoms. The SMILES string of the molecule is Nc1nccnc1C1CCC(C(=O)O)CC1. The quantitative estimate of drug-likeness (QED) is 0.788. The van der Waals surface area contributed by atoms with Gasteiger partial charge in [-0.15, -0.1) is 0 Å². The fraction of sp³-hybridized carbons (Fsp3) is 0.545. The topological polar surface area (TPSA) is 89.1 Å². The molecule has 1 fully saturated rings. The highest BCUT2D eigenvalue weighted by Crippen LogP contribution is 2.36. The third-order valence-electron chi connectivity index (χ3n) is 3.22. The molecule has 1 aliphatic carbocycles. The Labute approximate surface area is 93.7 Å². The molecule has 2 rings (SSSR count). The highest BCUT2D eigenvalue weighted by molar-refractivity contribution is 5.70. The number of rotatable bonds is 2. The van der Waals surface area contributed by atoms with Crippen molar-refractivity contribution in [2.45, 2.75) is 31.6 Å². The summed E-state index contributed by atoms with van der Waals surface area (Å²) in [6, 6.07) is 0. The number of nitrogens with zero attached hydrogens (tertiary/aromatic N) is 2. The summed E-state index contributed by atoms with van der Waals surface area (Å²) < 4.78 is 0. The van der Waals surface area contributed by atoms with Crippen LogP contribution in [0.15, 0.2) is 12.4 Å². The molecular weight excluding hydrogens is 206 g/mol. The van der Waals surface area contributed by atoms with Crippen molar-refractivity contribution in [2.75, 3.05) is 5.73 Å². The van der Waals surface area contributed by atoms with Gasteiger partial charge >= 0.3 is 5.97 Å². The number of aromatic nitrogens is 2. The van der Waals surface area contributed by atoms with E-state index in [0.717, 1.165) is 18.5 Å². The van der Waals surface area contributed by atoms with Crippen LogP contribution in [0.2, 0.25) is 0 Å². The van der Waals surface area contributed by atoms with Gasteiger partial charge in [0.15, 0.2) is 0 Å². The maximum Gasteiger partial charge on any atom is 0.306 e. The van der Waals surface area contributed by atoms with Crippen molar-refractivity contribution in [3.05, 3.63) is 18.1 Å². The standard InChI is InChI=1S/C11H15N3O2/c12-10-9(13-5-6-14-10)7-1-3-8(4-2-7)11(15)16/h5-8H,1-4H2,(H2,12,14)(H,15,16). The van der Waals surface area contributed by atoms with Crippen molar-refractivity contribution in [1.82, 2.24) is 9.97 Å². The molecule has 0 saturated heterocycles. The third-order valence-corrected chi connectivity index (χ3v) is 3.22. The maximum atomic E-state index is 10.8. The van der Waals surface area contributed by atoms with Gasteiger partial charge in [0.25, 0.3) is 0 Å². The van der Waals surface area contributed by atoms with Gasteiger partial charge in [0.2, 0.25) is 0 Å². The minimum Gasteiger partial charge on any atom is -0.481 e. The number of nitrogen functional groups attached to an aromatic ring is 1. The highest BCUT2D eigenvalue weighted by atomic mass is 16.4. The van der Waals surface area contributed by atoms with Crippen LogP contribution in [-0.2, 0) is 4.79 Å². The van der Waals surface area contributed by atoms with E-state index in [1.807, 2.05) is 0 Å². The number of carbonyl (C=O) groups is 1. The van der Waals surface area contributed by atoms with Crippen molar-refractivity contribution in [2.24, 2.45) is 5.92 Å². The van der Waals surface area contributed by atoms with Crippen LogP contribution >= 0.6 is 0 Å². The molecule has 0 aliphatic heterocycles. The van der Waals surface area contributed by atoms with E-state index < -0.39 is 5.97 Å². The van der Waals surface area contributed by atoms with E-state index in [2.05, 4.69) is 9.97 Å². The van der Waals surface area contributed by atoms with Gasteiger partial charge in [0, 0.05) is 18.3 Å². The lowest BCUT2D eigenvalue weighted by molar-refractivity contribution is -0.142. The molecule has 0 aromatic carbocycles. The first kappa shape index (κ1) is 10.9. The van der Waals surface area contributed by atoms with E-state index in [9.17, 15) is 4.79 Å². The summed E-state index contributed by atoms with van der Waals surface area (Å²) in [6.45, 7) is 0. The van der Waals surface area contributed by atoms with Crippen LogP contribution in [0.5, 0.6) is 0 Å². The normalized spacial score (nSPS) is 25.2. The number of nitrogens with two attached hydrogens (primary N) is 1. The number of hydrogen-bond donors (Lipinski definition) is 2. The molecule has 1 aromatic rings. The molecule has 0 spiro atoms. The summed E-state index contributed by atoms with van der Waals surface area (Å²) in [7, 11) is 0. The zero-order valence-corrected chi connectivity index (χ0v) is 8.97. The van der Waals surface area contributed by atoms with Gasteiger partial charge in [-0.3, -0.25) is 9.78 Å². The lowest BCUT2D eigenvalue weighted by Gasteiger charge is -2.25. The average molecular weight is 221 g/mol. The van der Waals surface area contributed by atoms with E-state index in [1.54, 1.807) is 12.4 Å². The minimum absolute atomic E-state index is 0.200. The molecule has 0 radical (unpaired) electrons. The molecule has 0 amide bonds. The molecule has 0 unspecified atom stereocenters. The van der Waals surface area contributed by atoms with Crippen molar-refractivity contribution in [3.8, 4) is 0 Å². The first-order valence-corrected chi connectivity index (χ1v) is 5.47.